The Morgan fingerprint density at radius 1 is 1.47 bits per heavy atom. The van der Waals surface area contributed by atoms with E-state index in [1.165, 1.54) is 6.92 Å². The third-order valence-electron chi connectivity index (χ3n) is 1.95. The lowest BCUT2D eigenvalue weighted by Gasteiger charge is -2.14. The summed E-state index contributed by atoms with van der Waals surface area (Å²) in [5.74, 6) is -0.788. The molecule has 5 nitrogen and oxygen atoms in total. The summed E-state index contributed by atoms with van der Waals surface area (Å²) in [4.78, 5) is 0. The van der Waals surface area contributed by atoms with Crippen LogP contribution in [0.3, 0.4) is 0 Å². The topological polar surface area (TPSA) is 87.8 Å². The fourth-order valence-corrected chi connectivity index (χ4v) is 2.07. The van der Waals surface area contributed by atoms with Crippen LogP contribution >= 0.6 is 11.8 Å². The van der Waals surface area contributed by atoms with Gasteiger partial charge in [0.25, 0.3) is 0 Å². The van der Waals surface area contributed by atoms with Gasteiger partial charge in [-0.3, -0.25) is 5.41 Å². The molecule has 4 N–H and O–H groups in total. The number of halogens is 5. The molecule has 1 aromatic heterocycles. The predicted octanol–water partition coefficient (Wildman–Crippen LogP) is 2.72. The average Bonchev–Trinajstić information content (AvgIpc) is 2.58. The summed E-state index contributed by atoms with van der Waals surface area (Å²) >= 11 is 0.560. The number of nitrogens with one attached hydrogen (secondary N) is 2. The lowest BCUT2D eigenvalue weighted by molar-refractivity contribution is -0.141. The molecule has 0 amide bonds. The summed E-state index contributed by atoms with van der Waals surface area (Å²) < 4.78 is 66.2. The molecule has 0 aromatic carbocycles. The molecule has 1 aromatic rings. The molecule has 1 heterocycles. The molecule has 1 unspecified atom stereocenters. The van der Waals surface area contributed by atoms with E-state index in [-0.39, 0.29) is 0 Å². The molecular formula is C8H9F5N4OS. The van der Waals surface area contributed by atoms with Crippen molar-refractivity contribution in [2.75, 3.05) is 0 Å². The highest BCUT2D eigenvalue weighted by Crippen LogP contribution is 2.42. The van der Waals surface area contributed by atoms with Crippen molar-refractivity contribution in [2.24, 2.45) is 5.73 Å². The van der Waals surface area contributed by atoms with Crippen LogP contribution < -0.4 is 10.5 Å². The molecule has 0 aliphatic carbocycles. The SMILES string of the molecule is CC(SC(=N)N)c1c(C(F)(F)F)n[nH]c1OC(F)F. The number of H-pyrrole nitrogens is 1. The third-order valence-corrected chi connectivity index (χ3v) is 2.80. The van der Waals surface area contributed by atoms with Gasteiger partial charge in [-0.1, -0.05) is 11.8 Å². The molecule has 1 rings (SSSR count). The van der Waals surface area contributed by atoms with Gasteiger partial charge in [-0.2, -0.15) is 27.1 Å². The molecule has 0 bridgehead atoms. The Morgan fingerprint density at radius 3 is 2.47 bits per heavy atom. The van der Waals surface area contributed by atoms with Crippen LogP contribution in [0.1, 0.15) is 23.4 Å². The minimum Gasteiger partial charge on any atom is -0.417 e. The van der Waals surface area contributed by atoms with Crippen LogP contribution in [0.4, 0.5) is 22.0 Å². The molecular weight excluding hydrogens is 295 g/mol. The number of ether oxygens (including phenoxy) is 1. The van der Waals surface area contributed by atoms with Gasteiger partial charge in [0.1, 0.15) is 0 Å². The van der Waals surface area contributed by atoms with Crippen LogP contribution in [-0.4, -0.2) is 22.0 Å². The van der Waals surface area contributed by atoms with Crippen LogP contribution in [0.15, 0.2) is 0 Å². The second-order valence-corrected chi connectivity index (χ2v) is 4.70. The van der Waals surface area contributed by atoms with E-state index >= 15 is 0 Å². The van der Waals surface area contributed by atoms with E-state index in [0.717, 1.165) is 0 Å². The van der Waals surface area contributed by atoms with Crippen molar-refractivity contribution in [1.29, 1.82) is 5.41 Å². The summed E-state index contributed by atoms with van der Waals surface area (Å²) in [7, 11) is 0. The van der Waals surface area contributed by atoms with Crippen molar-refractivity contribution >= 4 is 16.9 Å². The molecule has 19 heavy (non-hydrogen) atoms. The van der Waals surface area contributed by atoms with Gasteiger partial charge >= 0.3 is 12.8 Å². The van der Waals surface area contributed by atoms with E-state index in [4.69, 9.17) is 11.1 Å². The van der Waals surface area contributed by atoms with E-state index in [0.29, 0.717) is 11.8 Å². The Morgan fingerprint density at radius 2 is 2.05 bits per heavy atom. The third kappa shape index (κ3) is 3.98. The van der Waals surface area contributed by atoms with Crippen molar-refractivity contribution in [3.05, 3.63) is 11.3 Å². The monoisotopic (exact) mass is 304 g/mol. The van der Waals surface area contributed by atoms with E-state index in [9.17, 15) is 22.0 Å². The van der Waals surface area contributed by atoms with Gasteiger partial charge in [0.15, 0.2) is 10.9 Å². The van der Waals surface area contributed by atoms with Crippen molar-refractivity contribution in [2.45, 2.75) is 25.0 Å². The van der Waals surface area contributed by atoms with Gasteiger partial charge in [0.05, 0.1) is 5.56 Å². The summed E-state index contributed by atoms with van der Waals surface area (Å²) in [6.07, 6.45) is -4.83. The number of aromatic amines is 1. The zero-order chi connectivity index (χ0) is 14.8. The van der Waals surface area contributed by atoms with Gasteiger partial charge < -0.3 is 10.5 Å². The van der Waals surface area contributed by atoms with Crippen LogP contribution in [0.25, 0.3) is 0 Å². The van der Waals surface area contributed by atoms with Crippen molar-refractivity contribution < 1.29 is 26.7 Å². The molecule has 1 atom stereocenters. The number of hydrogen-bond acceptors (Lipinski definition) is 4. The minimum atomic E-state index is -4.83. The number of hydrogen-bond donors (Lipinski definition) is 3. The zero-order valence-corrected chi connectivity index (χ0v) is 10.2. The number of aromatic nitrogens is 2. The molecule has 0 radical (unpaired) electrons. The first kappa shape index (κ1) is 15.5. The number of rotatable bonds is 4. The normalized spacial score (nSPS) is 13.6. The fraction of sp³-hybridized carbons (Fsp3) is 0.500. The Hall–Kier alpha value is -1.52. The average molecular weight is 304 g/mol. The number of amidine groups is 1. The predicted molar refractivity (Wildman–Crippen MR) is 58.1 cm³/mol. The maximum absolute atomic E-state index is 12.7. The number of alkyl halides is 5. The van der Waals surface area contributed by atoms with Gasteiger partial charge in [0, 0.05) is 5.25 Å². The second kappa shape index (κ2) is 5.63. The van der Waals surface area contributed by atoms with Gasteiger partial charge in [-0.05, 0) is 6.92 Å². The minimum absolute atomic E-state index is 0.454. The van der Waals surface area contributed by atoms with Crippen LogP contribution in [-0.2, 0) is 6.18 Å². The van der Waals surface area contributed by atoms with Gasteiger partial charge in [0.2, 0.25) is 5.88 Å². The number of thioether (sulfide) groups is 1. The molecule has 108 valence electrons. The van der Waals surface area contributed by atoms with E-state index < -0.39 is 40.3 Å². The van der Waals surface area contributed by atoms with E-state index in [1.54, 1.807) is 5.10 Å². The smallest absolute Gasteiger partial charge is 0.417 e. The summed E-state index contributed by atoms with van der Waals surface area (Å²) in [6, 6.07) is 0. The first-order valence-electron chi connectivity index (χ1n) is 4.73. The van der Waals surface area contributed by atoms with Crippen LogP contribution in [0, 0.1) is 5.41 Å². The molecule has 0 aliphatic heterocycles. The largest absolute Gasteiger partial charge is 0.435 e. The zero-order valence-electron chi connectivity index (χ0n) is 9.39. The maximum atomic E-state index is 12.7. The highest BCUT2D eigenvalue weighted by Gasteiger charge is 2.40. The molecule has 0 saturated carbocycles. The van der Waals surface area contributed by atoms with Crippen LogP contribution in [0.2, 0.25) is 0 Å². The van der Waals surface area contributed by atoms with Gasteiger partial charge in [-0.15, -0.1) is 0 Å². The van der Waals surface area contributed by atoms with E-state index in [2.05, 4.69) is 9.84 Å². The van der Waals surface area contributed by atoms with Gasteiger partial charge in [-0.25, -0.2) is 5.10 Å². The second-order valence-electron chi connectivity index (χ2n) is 3.32. The Labute approximate surface area is 108 Å². The lowest BCUT2D eigenvalue weighted by Crippen LogP contribution is -2.13. The first-order chi connectivity index (χ1) is 8.62. The molecule has 0 aliphatic rings. The first-order valence-corrected chi connectivity index (χ1v) is 5.61. The van der Waals surface area contributed by atoms with Crippen LogP contribution in [0.5, 0.6) is 5.88 Å². The maximum Gasteiger partial charge on any atom is 0.435 e. The summed E-state index contributed by atoms with van der Waals surface area (Å²) in [5.41, 5.74) is 3.08. The fourth-order valence-electron chi connectivity index (χ4n) is 1.36. The highest BCUT2D eigenvalue weighted by molar-refractivity contribution is 8.13. The Bertz CT molecular complexity index is 460. The Kier molecular flexibility index (Phi) is 4.61. The van der Waals surface area contributed by atoms with Crippen molar-refractivity contribution in [3.8, 4) is 5.88 Å². The number of nitrogens with zero attached hydrogens (tertiary/aromatic N) is 1. The Balaban J connectivity index is 3.21. The lowest BCUT2D eigenvalue weighted by atomic mass is 10.2. The quantitative estimate of drug-likeness (QED) is 0.453. The highest BCUT2D eigenvalue weighted by atomic mass is 32.2. The molecule has 0 spiro atoms. The summed E-state index contributed by atoms with van der Waals surface area (Å²) in [5, 5.41) is 10.2. The standard InChI is InChI=1S/C8H9F5N4OS/c1-2(19-7(14)15)3-4(8(11,12)13)16-17-5(3)18-6(9)10/h2,6H,1H3,(H3,14,15)(H,16,17). The van der Waals surface area contributed by atoms with E-state index in [1.807, 2.05) is 0 Å². The van der Waals surface area contributed by atoms with Crippen molar-refractivity contribution in [3.63, 3.8) is 0 Å². The summed E-state index contributed by atoms with van der Waals surface area (Å²) in [6.45, 7) is -2.03. The van der Waals surface area contributed by atoms with Crippen molar-refractivity contribution in [1.82, 2.24) is 10.2 Å². The number of nitrogens with two attached hydrogens (primary N) is 1. The molecule has 0 fully saturated rings. The molecule has 11 heteroatoms. The molecule has 0 saturated heterocycles.